The lowest BCUT2D eigenvalue weighted by atomic mass is 10.1. The molecule has 0 fully saturated rings. The minimum absolute atomic E-state index is 0.111. The summed E-state index contributed by atoms with van der Waals surface area (Å²) in [6, 6.07) is 11.0. The van der Waals surface area contributed by atoms with Gasteiger partial charge in [-0.2, -0.15) is 0 Å². The molecule has 0 saturated carbocycles. The second-order valence-corrected chi connectivity index (χ2v) is 6.41. The highest BCUT2D eigenvalue weighted by atomic mass is 127. The first-order chi connectivity index (χ1) is 9.47. The van der Waals surface area contributed by atoms with Crippen LogP contribution in [0.15, 0.2) is 36.4 Å². The first-order valence-corrected chi connectivity index (χ1v) is 7.79. The maximum absolute atomic E-state index is 12.1. The Morgan fingerprint density at radius 2 is 1.95 bits per heavy atom. The Hall–Kier alpha value is -0.780. The minimum Gasteiger partial charge on any atom is -0.348 e. The van der Waals surface area contributed by atoms with Crippen LogP contribution >= 0.6 is 45.8 Å². The van der Waals surface area contributed by atoms with Gasteiger partial charge < -0.3 is 5.32 Å². The van der Waals surface area contributed by atoms with Crippen molar-refractivity contribution >= 4 is 51.7 Å². The van der Waals surface area contributed by atoms with E-state index in [-0.39, 0.29) is 5.91 Å². The van der Waals surface area contributed by atoms with Crippen molar-refractivity contribution in [3.8, 4) is 0 Å². The molecule has 2 aromatic rings. The fourth-order valence-electron chi connectivity index (χ4n) is 1.74. The lowest BCUT2D eigenvalue weighted by Gasteiger charge is -2.09. The highest BCUT2D eigenvalue weighted by Gasteiger charge is 2.10. The number of hydrogen-bond donors (Lipinski definition) is 1. The van der Waals surface area contributed by atoms with Crippen LogP contribution in [0.4, 0.5) is 0 Å². The van der Waals surface area contributed by atoms with Gasteiger partial charge in [0.15, 0.2) is 0 Å². The van der Waals surface area contributed by atoms with Crippen LogP contribution in [-0.4, -0.2) is 5.91 Å². The smallest absolute Gasteiger partial charge is 0.252 e. The molecule has 2 rings (SSSR count). The predicted octanol–water partition coefficient (Wildman–Crippen LogP) is 4.84. The zero-order valence-electron chi connectivity index (χ0n) is 10.7. The summed E-state index contributed by atoms with van der Waals surface area (Å²) in [5, 5.41) is 4.00. The van der Waals surface area contributed by atoms with Crippen molar-refractivity contribution in [2.24, 2.45) is 0 Å². The van der Waals surface area contributed by atoms with Crippen LogP contribution in [0.3, 0.4) is 0 Å². The van der Waals surface area contributed by atoms with Gasteiger partial charge in [0.05, 0.1) is 5.56 Å². The standard InChI is InChI=1S/C15H12Cl2INO/c1-9-2-5-12(14(18)6-9)15(20)19-8-10-3-4-11(16)7-13(10)17/h2-7H,8H2,1H3,(H,19,20). The predicted molar refractivity (Wildman–Crippen MR) is 91.5 cm³/mol. The van der Waals surface area contributed by atoms with Gasteiger partial charge in [-0.1, -0.05) is 40.9 Å². The van der Waals surface area contributed by atoms with E-state index in [0.29, 0.717) is 22.2 Å². The summed E-state index contributed by atoms with van der Waals surface area (Å²) in [4.78, 5) is 12.1. The van der Waals surface area contributed by atoms with Gasteiger partial charge >= 0.3 is 0 Å². The Morgan fingerprint density at radius 1 is 1.20 bits per heavy atom. The maximum Gasteiger partial charge on any atom is 0.252 e. The summed E-state index contributed by atoms with van der Waals surface area (Å²) >= 11 is 14.1. The largest absolute Gasteiger partial charge is 0.348 e. The average molecular weight is 420 g/mol. The number of aryl methyl sites for hydroxylation is 1. The van der Waals surface area contributed by atoms with Gasteiger partial charge in [-0.05, 0) is 59.3 Å². The maximum atomic E-state index is 12.1. The molecule has 0 saturated heterocycles. The van der Waals surface area contributed by atoms with Crippen molar-refractivity contribution in [2.45, 2.75) is 13.5 Å². The van der Waals surface area contributed by atoms with Crippen LogP contribution in [-0.2, 0) is 6.54 Å². The molecule has 0 unspecified atom stereocenters. The Labute approximate surface area is 141 Å². The number of halogens is 3. The summed E-state index contributed by atoms with van der Waals surface area (Å²) in [7, 11) is 0. The normalized spacial score (nSPS) is 10.4. The Balaban J connectivity index is 2.08. The summed E-state index contributed by atoms with van der Waals surface area (Å²) in [6.45, 7) is 2.37. The van der Waals surface area contributed by atoms with Gasteiger partial charge in [-0.15, -0.1) is 0 Å². The van der Waals surface area contributed by atoms with E-state index in [1.54, 1.807) is 12.1 Å². The fourth-order valence-corrected chi connectivity index (χ4v) is 3.13. The van der Waals surface area contributed by atoms with Crippen LogP contribution in [0.25, 0.3) is 0 Å². The second-order valence-electron chi connectivity index (χ2n) is 4.40. The highest BCUT2D eigenvalue weighted by molar-refractivity contribution is 14.1. The van der Waals surface area contributed by atoms with Crippen molar-refractivity contribution in [2.75, 3.05) is 0 Å². The lowest BCUT2D eigenvalue weighted by Crippen LogP contribution is -2.23. The van der Waals surface area contributed by atoms with E-state index in [0.717, 1.165) is 14.7 Å². The van der Waals surface area contributed by atoms with Crippen LogP contribution in [0, 0.1) is 10.5 Å². The summed E-state index contributed by atoms with van der Waals surface area (Å²) in [5.74, 6) is -0.111. The van der Waals surface area contributed by atoms with Crippen molar-refractivity contribution < 1.29 is 4.79 Å². The van der Waals surface area contributed by atoms with Crippen LogP contribution in [0.2, 0.25) is 10.0 Å². The first kappa shape index (κ1) is 15.6. The van der Waals surface area contributed by atoms with Crippen LogP contribution in [0.5, 0.6) is 0 Å². The van der Waals surface area contributed by atoms with E-state index >= 15 is 0 Å². The molecule has 104 valence electrons. The molecule has 20 heavy (non-hydrogen) atoms. The molecule has 0 aliphatic rings. The average Bonchev–Trinajstić information content (AvgIpc) is 2.37. The van der Waals surface area contributed by atoms with E-state index in [2.05, 4.69) is 27.9 Å². The quantitative estimate of drug-likeness (QED) is 0.709. The number of rotatable bonds is 3. The van der Waals surface area contributed by atoms with E-state index < -0.39 is 0 Å². The number of amides is 1. The Morgan fingerprint density at radius 3 is 2.60 bits per heavy atom. The number of carbonyl (C=O) groups excluding carboxylic acids is 1. The van der Waals surface area contributed by atoms with Crippen molar-refractivity contribution in [3.63, 3.8) is 0 Å². The van der Waals surface area contributed by atoms with Crippen LogP contribution < -0.4 is 5.32 Å². The molecule has 0 heterocycles. The molecule has 0 radical (unpaired) electrons. The molecule has 1 amide bonds. The van der Waals surface area contributed by atoms with E-state index in [4.69, 9.17) is 23.2 Å². The zero-order valence-corrected chi connectivity index (χ0v) is 14.4. The molecule has 2 aromatic carbocycles. The molecule has 5 heteroatoms. The van der Waals surface area contributed by atoms with Gasteiger partial charge in [0.25, 0.3) is 5.91 Å². The molecule has 0 aliphatic heterocycles. The summed E-state index contributed by atoms with van der Waals surface area (Å²) in [6.07, 6.45) is 0. The number of nitrogens with one attached hydrogen (secondary N) is 1. The van der Waals surface area contributed by atoms with Crippen molar-refractivity contribution in [3.05, 3.63) is 66.7 Å². The molecule has 1 N–H and O–H groups in total. The van der Waals surface area contributed by atoms with Crippen molar-refractivity contribution in [1.29, 1.82) is 0 Å². The Bertz CT molecular complexity index is 658. The third kappa shape index (κ3) is 3.87. The molecule has 0 atom stereocenters. The van der Waals surface area contributed by atoms with Gasteiger partial charge in [0, 0.05) is 20.2 Å². The topological polar surface area (TPSA) is 29.1 Å². The SMILES string of the molecule is Cc1ccc(C(=O)NCc2ccc(Cl)cc2Cl)c(I)c1. The third-order valence-electron chi connectivity index (χ3n) is 2.82. The van der Waals surface area contributed by atoms with E-state index in [9.17, 15) is 4.79 Å². The molecule has 0 spiro atoms. The van der Waals surface area contributed by atoms with Gasteiger partial charge in [-0.25, -0.2) is 0 Å². The third-order valence-corrected chi connectivity index (χ3v) is 4.30. The molecule has 0 aliphatic carbocycles. The first-order valence-electron chi connectivity index (χ1n) is 5.95. The highest BCUT2D eigenvalue weighted by Crippen LogP contribution is 2.21. The van der Waals surface area contributed by atoms with E-state index in [1.165, 1.54) is 0 Å². The zero-order chi connectivity index (χ0) is 14.7. The fraction of sp³-hybridized carbons (Fsp3) is 0.133. The minimum atomic E-state index is -0.111. The van der Waals surface area contributed by atoms with Gasteiger partial charge in [0.1, 0.15) is 0 Å². The van der Waals surface area contributed by atoms with E-state index in [1.807, 2.05) is 31.2 Å². The summed E-state index contributed by atoms with van der Waals surface area (Å²) < 4.78 is 0.933. The monoisotopic (exact) mass is 419 g/mol. The molecule has 0 bridgehead atoms. The summed E-state index contributed by atoms with van der Waals surface area (Å²) in [5.41, 5.74) is 2.64. The number of benzene rings is 2. The molecule has 2 nitrogen and oxygen atoms in total. The van der Waals surface area contributed by atoms with Crippen LogP contribution in [0.1, 0.15) is 21.5 Å². The number of carbonyl (C=O) groups is 1. The lowest BCUT2D eigenvalue weighted by molar-refractivity contribution is 0.0950. The second kappa shape index (κ2) is 6.78. The number of hydrogen-bond acceptors (Lipinski definition) is 1. The molecular weight excluding hydrogens is 408 g/mol. The Kier molecular flexibility index (Phi) is 5.29. The molecular formula is C15H12Cl2INO. The van der Waals surface area contributed by atoms with Gasteiger partial charge in [-0.3, -0.25) is 4.79 Å². The van der Waals surface area contributed by atoms with Crippen molar-refractivity contribution in [1.82, 2.24) is 5.32 Å². The van der Waals surface area contributed by atoms with Gasteiger partial charge in [0.2, 0.25) is 0 Å². The molecule has 0 aromatic heterocycles.